The number of nitrogens with zero attached hydrogens (tertiary/aromatic N) is 1. The third-order valence-electron chi connectivity index (χ3n) is 4.34. The van der Waals surface area contributed by atoms with Crippen molar-refractivity contribution < 1.29 is 9.47 Å². The largest absolute Gasteiger partial charge is 0.497 e. The fourth-order valence-electron chi connectivity index (χ4n) is 2.86. The molecule has 2 rings (SSSR count). The Bertz CT molecular complexity index is 407. The van der Waals surface area contributed by atoms with Gasteiger partial charge in [0.1, 0.15) is 5.75 Å². The molecule has 1 fully saturated rings. The molecule has 1 saturated heterocycles. The van der Waals surface area contributed by atoms with Gasteiger partial charge < -0.3 is 15.2 Å². The molecule has 1 heterocycles. The second-order valence-electron chi connectivity index (χ2n) is 5.53. The minimum Gasteiger partial charge on any atom is -0.497 e. The van der Waals surface area contributed by atoms with Gasteiger partial charge in [-0.3, -0.25) is 4.90 Å². The van der Waals surface area contributed by atoms with Gasteiger partial charge in [0.25, 0.3) is 0 Å². The van der Waals surface area contributed by atoms with E-state index in [1.165, 1.54) is 6.42 Å². The van der Waals surface area contributed by atoms with E-state index in [1.807, 2.05) is 12.1 Å². The van der Waals surface area contributed by atoms with Crippen molar-refractivity contribution in [3.8, 4) is 5.75 Å². The number of benzene rings is 1. The standard InChI is InChI=1S/C16H26N2O2/c1-12(18-10-4-5-15(11-18)20-3)16(17)13-6-8-14(19-2)9-7-13/h6-9,12,15-16H,4-5,10-11,17H2,1-3H3. The second-order valence-corrected chi connectivity index (χ2v) is 5.53. The first-order valence-corrected chi connectivity index (χ1v) is 7.32. The van der Waals surface area contributed by atoms with Crippen LogP contribution in [-0.2, 0) is 4.74 Å². The van der Waals surface area contributed by atoms with Crippen molar-refractivity contribution in [1.29, 1.82) is 0 Å². The molecule has 1 aromatic carbocycles. The first-order valence-electron chi connectivity index (χ1n) is 7.32. The molecule has 1 aliphatic heterocycles. The van der Waals surface area contributed by atoms with Crippen molar-refractivity contribution >= 4 is 0 Å². The molecule has 20 heavy (non-hydrogen) atoms. The Labute approximate surface area is 121 Å². The fraction of sp³-hybridized carbons (Fsp3) is 0.625. The minimum absolute atomic E-state index is 0.0107. The monoisotopic (exact) mass is 278 g/mol. The quantitative estimate of drug-likeness (QED) is 0.897. The molecule has 0 aliphatic carbocycles. The maximum Gasteiger partial charge on any atom is 0.118 e. The van der Waals surface area contributed by atoms with E-state index in [2.05, 4.69) is 24.0 Å². The van der Waals surface area contributed by atoms with Crippen LogP contribution >= 0.6 is 0 Å². The number of hydrogen-bond donors (Lipinski definition) is 1. The summed E-state index contributed by atoms with van der Waals surface area (Å²) < 4.78 is 10.7. The zero-order valence-electron chi connectivity index (χ0n) is 12.7. The Balaban J connectivity index is 2.01. The molecule has 4 nitrogen and oxygen atoms in total. The van der Waals surface area contributed by atoms with Gasteiger partial charge in [0, 0.05) is 25.7 Å². The van der Waals surface area contributed by atoms with Gasteiger partial charge in [-0.1, -0.05) is 12.1 Å². The van der Waals surface area contributed by atoms with Crippen LogP contribution in [0.25, 0.3) is 0 Å². The van der Waals surface area contributed by atoms with Crippen LogP contribution in [0.4, 0.5) is 0 Å². The van der Waals surface area contributed by atoms with Crippen LogP contribution in [0, 0.1) is 0 Å². The molecule has 1 aliphatic rings. The summed E-state index contributed by atoms with van der Waals surface area (Å²) >= 11 is 0. The van der Waals surface area contributed by atoms with Crippen LogP contribution in [0.15, 0.2) is 24.3 Å². The molecule has 4 heteroatoms. The molecular weight excluding hydrogens is 252 g/mol. The maximum absolute atomic E-state index is 6.42. The third kappa shape index (κ3) is 3.51. The highest BCUT2D eigenvalue weighted by atomic mass is 16.5. The number of piperidine rings is 1. The summed E-state index contributed by atoms with van der Waals surface area (Å²) in [4.78, 5) is 2.44. The molecule has 3 unspecified atom stereocenters. The van der Waals surface area contributed by atoms with Gasteiger partial charge in [0.05, 0.1) is 13.2 Å². The van der Waals surface area contributed by atoms with Gasteiger partial charge in [0.15, 0.2) is 0 Å². The molecule has 0 spiro atoms. The SMILES string of the molecule is COc1ccc(C(N)C(C)N2CCCC(OC)C2)cc1. The number of hydrogen-bond acceptors (Lipinski definition) is 4. The Morgan fingerprint density at radius 3 is 2.55 bits per heavy atom. The summed E-state index contributed by atoms with van der Waals surface area (Å²) in [6.45, 7) is 4.28. The lowest BCUT2D eigenvalue weighted by Gasteiger charge is -2.38. The van der Waals surface area contributed by atoms with Crippen LogP contribution < -0.4 is 10.5 Å². The van der Waals surface area contributed by atoms with Crippen LogP contribution in [0.2, 0.25) is 0 Å². The first-order chi connectivity index (χ1) is 9.65. The fourth-order valence-corrected chi connectivity index (χ4v) is 2.86. The molecule has 112 valence electrons. The molecule has 3 atom stereocenters. The Morgan fingerprint density at radius 1 is 1.25 bits per heavy atom. The van der Waals surface area contributed by atoms with Crippen molar-refractivity contribution in [2.45, 2.75) is 38.0 Å². The molecule has 0 saturated carbocycles. The van der Waals surface area contributed by atoms with Crippen molar-refractivity contribution in [1.82, 2.24) is 4.90 Å². The zero-order valence-corrected chi connectivity index (χ0v) is 12.7. The average Bonchev–Trinajstić information content (AvgIpc) is 2.53. The summed E-state index contributed by atoms with van der Waals surface area (Å²) in [5.41, 5.74) is 7.58. The van der Waals surface area contributed by atoms with E-state index < -0.39 is 0 Å². The Kier molecular flexibility index (Phi) is 5.40. The molecule has 0 bridgehead atoms. The van der Waals surface area contributed by atoms with E-state index in [0.29, 0.717) is 12.1 Å². The van der Waals surface area contributed by atoms with Crippen LogP contribution in [-0.4, -0.2) is 44.4 Å². The normalized spacial score (nSPS) is 23.3. The predicted molar refractivity (Wildman–Crippen MR) is 81.0 cm³/mol. The van der Waals surface area contributed by atoms with Gasteiger partial charge in [0.2, 0.25) is 0 Å². The number of ether oxygens (including phenoxy) is 2. The van der Waals surface area contributed by atoms with Crippen LogP contribution in [0.5, 0.6) is 5.75 Å². The smallest absolute Gasteiger partial charge is 0.118 e. The highest BCUT2D eigenvalue weighted by Crippen LogP contribution is 2.24. The second kappa shape index (κ2) is 7.07. The number of rotatable bonds is 5. The summed E-state index contributed by atoms with van der Waals surface area (Å²) in [6, 6.07) is 8.36. The topological polar surface area (TPSA) is 47.7 Å². The third-order valence-corrected chi connectivity index (χ3v) is 4.34. The molecule has 1 aromatic rings. The lowest BCUT2D eigenvalue weighted by atomic mass is 9.97. The van der Waals surface area contributed by atoms with Crippen LogP contribution in [0.1, 0.15) is 31.4 Å². The summed E-state index contributed by atoms with van der Waals surface area (Å²) in [5.74, 6) is 0.867. The Morgan fingerprint density at radius 2 is 1.95 bits per heavy atom. The molecular formula is C16H26N2O2. The van der Waals surface area contributed by atoms with E-state index in [9.17, 15) is 0 Å². The van der Waals surface area contributed by atoms with Gasteiger partial charge in [-0.05, 0) is 44.0 Å². The highest BCUT2D eigenvalue weighted by Gasteiger charge is 2.27. The molecule has 0 aromatic heterocycles. The summed E-state index contributed by atoms with van der Waals surface area (Å²) in [7, 11) is 3.47. The van der Waals surface area contributed by atoms with E-state index in [1.54, 1.807) is 14.2 Å². The van der Waals surface area contributed by atoms with Gasteiger partial charge >= 0.3 is 0 Å². The first kappa shape index (κ1) is 15.3. The molecule has 0 radical (unpaired) electrons. The number of nitrogens with two attached hydrogens (primary N) is 1. The zero-order chi connectivity index (χ0) is 14.5. The average molecular weight is 278 g/mol. The summed E-state index contributed by atoms with van der Waals surface area (Å²) in [5, 5.41) is 0. The van der Waals surface area contributed by atoms with Crippen molar-refractivity contribution in [3.63, 3.8) is 0 Å². The van der Waals surface area contributed by atoms with Gasteiger partial charge in [-0.2, -0.15) is 0 Å². The maximum atomic E-state index is 6.42. The molecule has 2 N–H and O–H groups in total. The lowest BCUT2D eigenvalue weighted by molar-refractivity contribution is 0.0131. The molecule has 0 amide bonds. The number of methoxy groups -OCH3 is 2. The highest BCUT2D eigenvalue weighted by molar-refractivity contribution is 5.29. The lowest BCUT2D eigenvalue weighted by Crippen LogP contribution is -2.48. The minimum atomic E-state index is 0.0107. The van der Waals surface area contributed by atoms with E-state index >= 15 is 0 Å². The summed E-state index contributed by atoms with van der Waals surface area (Å²) in [6.07, 6.45) is 2.67. The number of likely N-dealkylation sites (tertiary alicyclic amines) is 1. The predicted octanol–water partition coefficient (Wildman–Crippen LogP) is 2.19. The van der Waals surface area contributed by atoms with Crippen LogP contribution in [0.3, 0.4) is 0 Å². The van der Waals surface area contributed by atoms with Crippen molar-refractivity contribution in [2.75, 3.05) is 27.3 Å². The van der Waals surface area contributed by atoms with E-state index in [4.69, 9.17) is 15.2 Å². The van der Waals surface area contributed by atoms with Crippen molar-refractivity contribution in [2.24, 2.45) is 5.73 Å². The van der Waals surface area contributed by atoms with Gasteiger partial charge in [-0.15, -0.1) is 0 Å². The van der Waals surface area contributed by atoms with Gasteiger partial charge in [-0.25, -0.2) is 0 Å². The Hall–Kier alpha value is -1.10. The van der Waals surface area contributed by atoms with E-state index in [0.717, 1.165) is 30.8 Å². The van der Waals surface area contributed by atoms with E-state index in [-0.39, 0.29) is 6.04 Å². The van der Waals surface area contributed by atoms with Crippen molar-refractivity contribution in [3.05, 3.63) is 29.8 Å².